The highest BCUT2D eigenvalue weighted by Crippen LogP contribution is 2.39. The van der Waals surface area contributed by atoms with E-state index in [1.165, 1.54) is 11.3 Å². The van der Waals surface area contributed by atoms with Crippen LogP contribution in [-0.2, 0) is 4.79 Å². The quantitative estimate of drug-likeness (QED) is 0.180. The van der Waals surface area contributed by atoms with Crippen LogP contribution >= 0.6 is 27.3 Å². The Morgan fingerprint density at radius 1 is 1.03 bits per heavy atom. The van der Waals surface area contributed by atoms with E-state index in [2.05, 4.69) is 50.5 Å². The number of carboxylic acid groups (broad SMARTS) is 1. The normalized spacial score (nSPS) is 11.7. The second-order valence-corrected chi connectivity index (χ2v) is 9.33. The van der Waals surface area contributed by atoms with Gasteiger partial charge in [-0.05, 0) is 46.0 Å². The molecule has 0 saturated heterocycles. The van der Waals surface area contributed by atoms with Crippen molar-refractivity contribution in [2.24, 2.45) is 16.5 Å². The summed E-state index contributed by atoms with van der Waals surface area (Å²) in [4.78, 5) is 29.9. The van der Waals surface area contributed by atoms with Gasteiger partial charge < -0.3 is 21.9 Å². The molecule has 1 amide bonds. The molecule has 7 nitrogen and oxygen atoms in total. The molecule has 6 N–H and O–H groups in total. The van der Waals surface area contributed by atoms with Gasteiger partial charge in [-0.1, -0.05) is 60.7 Å². The minimum absolute atomic E-state index is 0.0488. The second-order valence-electron chi connectivity index (χ2n) is 7.39. The Kier molecular flexibility index (Phi) is 8.62. The Bertz CT molecular complexity index is 1080. The summed E-state index contributed by atoms with van der Waals surface area (Å²) in [6.07, 6.45) is 0.639. The molecule has 0 aliphatic rings. The van der Waals surface area contributed by atoms with Crippen LogP contribution in [-0.4, -0.2) is 35.5 Å². The Balaban J connectivity index is 1.83. The van der Waals surface area contributed by atoms with Crippen LogP contribution in [0.4, 0.5) is 0 Å². The van der Waals surface area contributed by atoms with Gasteiger partial charge >= 0.3 is 5.97 Å². The molecule has 0 aliphatic heterocycles. The second kappa shape index (κ2) is 11.6. The van der Waals surface area contributed by atoms with Crippen molar-refractivity contribution in [2.75, 3.05) is 6.54 Å². The number of thiophene rings is 1. The van der Waals surface area contributed by atoms with Crippen LogP contribution < -0.4 is 16.8 Å². The number of halogens is 1. The number of nitrogens with zero attached hydrogens (tertiary/aromatic N) is 1. The molecular weight excluding hydrogens is 504 g/mol. The van der Waals surface area contributed by atoms with Gasteiger partial charge in [-0.15, -0.1) is 11.3 Å². The van der Waals surface area contributed by atoms with Crippen LogP contribution in [0, 0.1) is 0 Å². The molecule has 3 aromatic rings. The first-order valence-corrected chi connectivity index (χ1v) is 12.0. The van der Waals surface area contributed by atoms with Crippen molar-refractivity contribution in [3.8, 4) is 0 Å². The maximum absolute atomic E-state index is 13.0. The number of rotatable bonds is 10. The molecule has 0 spiro atoms. The minimum Gasteiger partial charge on any atom is -0.480 e. The molecule has 0 aliphatic carbocycles. The van der Waals surface area contributed by atoms with E-state index in [0.717, 1.165) is 16.0 Å². The van der Waals surface area contributed by atoms with E-state index < -0.39 is 17.9 Å². The summed E-state index contributed by atoms with van der Waals surface area (Å²) in [5.74, 6) is -1.64. The third-order valence-corrected chi connectivity index (χ3v) is 7.10. The van der Waals surface area contributed by atoms with E-state index >= 15 is 0 Å². The van der Waals surface area contributed by atoms with Crippen LogP contribution in [0.2, 0.25) is 0 Å². The number of guanidine groups is 1. The topological polar surface area (TPSA) is 131 Å². The number of aliphatic imine (C=N–C) groups is 1. The standard InChI is InChI=1S/C24H25BrN4O3S/c25-17-14-19(20(15-8-3-1-4-9-15)16-10-5-2-6-11-16)33-21(17)22(30)29-18(23(31)32)12-7-13-28-24(26)27/h1-6,8-11,14,18,20H,7,12-13H2,(H,29,30)(H,31,32)(H4,26,27,28)/t18-/m0/s1. The molecule has 2 aromatic carbocycles. The number of hydrogen-bond donors (Lipinski definition) is 4. The Morgan fingerprint density at radius 3 is 2.12 bits per heavy atom. The average molecular weight is 529 g/mol. The zero-order chi connectivity index (χ0) is 23.8. The molecule has 1 aromatic heterocycles. The van der Waals surface area contributed by atoms with Crippen molar-refractivity contribution in [2.45, 2.75) is 24.8 Å². The van der Waals surface area contributed by atoms with Gasteiger partial charge in [-0.25, -0.2) is 4.79 Å². The molecular formula is C24H25BrN4O3S. The van der Waals surface area contributed by atoms with Crippen LogP contribution in [0.25, 0.3) is 0 Å². The maximum atomic E-state index is 13.0. The third kappa shape index (κ3) is 6.66. The lowest BCUT2D eigenvalue weighted by molar-refractivity contribution is -0.139. The summed E-state index contributed by atoms with van der Waals surface area (Å²) < 4.78 is 0.626. The van der Waals surface area contributed by atoms with E-state index in [1.54, 1.807) is 0 Å². The van der Waals surface area contributed by atoms with Gasteiger partial charge in [-0.2, -0.15) is 0 Å². The summed E-state index contributed by atoms with van der Waals surface area (Å²) in [6.45, 7) is 0.296. The van der Waals surface area contributed by atoms with Crippen molar-refractivity contribution in [3.63, 3.8) is 0 Å². The monoisotopic (exact) mass is 528 g/mol. The Hall–Kier alpha value is -3.17. The number of benzene rings is 2. The lowest BCUT2D eigenvalue weighted by Gasteiger charge is -2.17. The molecule has 3 rings (SSSR count). The van der Waals surface area contributed by atoms with Gasteiger partial charge in [0.1, 0.15) is 10.9 Å². The molecule has 33 heavy (non-hydrogen) atoms. The summed E-state index contributed by atoms with van der Waals surface area (Å²) in [7, 11) is 0. The van der Waals surface area contributed by atoms with Crippen molar-refractivity contribution in [1.29, 1.82) is 0 Å². The van der Waals surface area contributed by atoms with Gasteiger partial charge in [0, 0.05) is 21.8 Å². The number of nitrogens with two attached hydrogens (primary N) is 2. The highest BCUT2D eigenvalue weighted by molar-refractivity contribution is 9.10. The van der Waals surface area contributed by atoms with Gasteiger partial charge in [0.15, 0.2) is 5.96 Å². The maximum Gasteiger partial charge on any atom is 0.326 e. The highest BCUT2D eigenvalue weighted by Gasteiger charge is 2.26. The first kappa shape index (κ1) is 24.5. The smallest absolute Gasteiger partial charge is 0.326 e. The zero-order valence-corrected chi connectivity index (χ0v) is 20.2. The molecule has 172 valence electrons. The van der Waals surface area contributed by atoms with Crippen molar-refractivity contribution < 1.29 is 14.7 Å². The predicted octanol–water partition coefficient (Wildman–Crippen LogP) is 3.93. The summed E-state index contributed by atoms with van der Waals surface area (Å²) >= 11 is 4.84. The third-order valence-electron chi connectivity index (χ3n) is 5.01. The predicted molar refractivity (Wildman–Crippen MR) is 135 cm³/mol. The van der Waals surface area contributed by atoms with Gasteiger partial charge in [0.2, 0.25) is 0 Å². The summed E-state index contributed by atoms with van der Waals surface area (Å²) in [6, 6.07) is 21.0. The number of carboxylic acids is 1. The van der Waals surface area contributed by atoms with Crippen molar-refractivity contribution >= 4 is 45.1 Å². The Morgan fingerprint density at radius 2 is 1.61 bits per heavy atom. The molecule has 0 saturated carbocycles. The molecule has 1 atom stereocenters. The van der Waals surface area contributed by atoms with Gasteiger partial charge in [0.05, 0.1) is 0 Å². The first-order chi connectivity index (χ1) is 15.9. The Labute approximate surface area is 204 Å². The number of amides is 1. The lowest BCUT2D eigenvalue weighted by atomic mass is 9.90. The van der Waals surface area contributed by atoms with E-state index in [9.17, 15) is 14.7 Å². The average Bonchev–Trinajstić information content (AvgIpc) is 3.18. The van der Waals surface area contributed by atoms with Crippen molar-refractivity contribution in [1.82, 2.24) is 5.32 Å². The number of aliphatic carboxylic acids is 1. The molecule has 0 fully saturated rings. The molecule has 1 heterocycles. The van der Waals surface area contributed by atoms with Gasteiger partial charge in [-0.3, -0.25) is 9.79 Å². The zero-order valence-electron chi connectivity index (χ0n) is 17.8. The number of carbonyl (C=O) groups excluding carboxylic acids is 1. The lowest BCUT2D eigenvalue weighted by Crippen LogP contribution is -2.40. The number of carbonyl (C=O) groups is 2. The van der Waals surface area contributed by atoms with E-state index in [-0.39, 0.29) is 18.3 Å². The first-order valence-electron chi connectivity index (χ1n) is 10.3. The van der Waals surface area contributed by atoms with Crippen LogP contribution in [0.5, 0.6) is 0 Å². The minimum atomic E-state index is -1.10. The van der Waals surface area contributed by atoms with Crippen LogP contribution in [0.1, 0.15) is 44.4 Å². The molecule has 0 bridgehead atoms. The number of hydrogen-bond acceptors (Lipinski definition) is 4. The fourth-order valence-electron chi connectivity index (χ4n) is 3.48. The SMILES string of the molecule is NC(N)=NCCC[C@H](NC(=O)c1sc(C(c2ccccc2)c2ccccc2)cc1Br)C(=O)O. The summed E-state index contributed by atoms with van der Waals surface area (Å²) in [5.41, 5.74) is 12.8. The largest absolute Gasteiger partial charge is 0.480 e. The van der Waals surface area contributed by atoms with E-state index in [0.29, 0.717) is 22.3 Å². The molecule has 0 unspecified atom stereocenters. The van der Waals surface area contributed by atoms with E-state index in [4.69, 9.17) is 11.5 Å². The molecule has 9 heteroatoms. The summed E-state index contributed by atoms with van der Waals surface area (Å²) in [5, 5.41) is 12.2. The van der Waals surface area contributed by atoms with Crippen LogP contribution in [0.15, 0.2) is 76.2 Å². The number of nitrogens with one attached hydrogen (secondary N) is 1. The molecule has 0 radical (unpaired) electrons. The van der Waals surface area contributed by atoms with Crippen LogP contribution in [0.3, 0.4) is 0 Å². The fraction of sp³-hybridized carbons (Fsp3) is 0.208. The fourth-order valence-corrected chi connectivity index (χ4v) is 5.41. The van der Waals surface area contributed by atoms with E-state index in [1.807, 2.05) is 42.5 Å². The van der Waals surface area contributed by atoms with Gasteiger partial charge in [0.25, 0.3) is 5.91 Å². The highest BCUT2D eigenvalue weighted by atomic mass is 79.9. The van der Waals surface area contributed by atoms with Crippen molar-refractivity contribution in [3.05, 3.63) is 92.1 Å².